The molecule has 1 aromatic rings. The van der Waals surface area contributed by atoms with Crippen LogP contribution in [0.4, 0.5) is 8.78 Å². The molecule has 14 rings (SSSR count). The molecule has 3 unspecified atom stereocenters. The molecule has 0 aromatic carbocycles. The Hall–Kier alpha value is -3.01. The number of piperidine rings is 2. The fourth-order valence-corrected chi connectivity index (χ4v) is 20.0. The maximum Gasteiger partial charge on any atom is 0.272 e. The maximum atomic E-state index is 12.3. The van der Waals surface area contributed by atoms with E-state index in [0.29, 0.717) is 79.7 Å². The fourth-order valence-electron chi connectivity index (χ4n) is 20.0. The topological polar surface area (TPSA) is 111 Å². The lowest BCUT2D eigenvalue weighted by Gasteiger charge is -2.58. The zero-order valence-corrected chi connectivity index (χ0v) is 109. The summed E-state index contributed by atoms with van der Waals surface area (Å²) >= 11 is 0. The number of hydrogen-bond donors (Lipinski definition) is 0. The van der Waals surface area contributed by atoms with E-state index in [2.05, 4.69) is 455 Å². The molecule has 13 fully saturated rings. The predicted molar refractivity (Wildman–Crippen MR) is 644 cm³/mol. The number of carbonyl (C=O) groups is 3. The summed E-state index contributed by atoms with van der Waals surface area (Å²) in [5.74, 6) is 1.30. The molecular weight excluding hydrogens is 1840 g/mol. The van der Waals surface area contributed by atoms with E-state index in [-0.39, 0.29) is 64.8 Å². The third kappa shape index (κ3) is 55.0. The number of halogens is 2. The summed E-state index contributed by atoms with van der Waals surface area (Å²) < 4.78 is 26.7. The smallest absolute Gasteiger partial charge is 0.272 e. The van der Waals surface area contributed by atoms with Crippen LogP contribution >= 0.6 is 0 Å². The lowest BCUT2D eigenvalue weighted by molar-refractivity contribution is -0.160. The van der Waals surface area contributed by atoms with Crippen molar-refractivity contribution in [1.82, 2.24) is 87.9 Å². The van der Waals surface area contributed by atoms with E-state index in [4.69, 9.17) is 0 Å². The Labute approximate surface area is 921 Å². The highest BCUT2D eigenvalue weighted by Gasteiger charge is 2.49. The normalized spacial score (nSPS) is 24.2. The van der Waals surface area contributed by atoms with Crippen LogP contribution in [0.3, 0.4) is 0 Å². The molecule has 148 heavy (non-hydrogen) atoms. The van der Waals surface area contributed by atoms with Gasteiger partial charge in [0.25, 0.3) is 5.92 Å². The Morgan fingerprint density at radius 2 is 0.534 bits per heavy atom. The van der Waals surface area contributed by atoms with Gasteiger partial charge in [0, 0.05) is 262 Å². The SMILES string of the molecule is C.CC(C)(C)N1CC(F)(F)C1.CC(C)(C)N1CC1.CC(C)(C)N1CCC1=O.CC(C)(C)N1CCCC1=O.CC(C)(C)N1CCCC1=O.CC(C)(C)N1CCCCC1.CC(C)(C)n1cccc1.CC1CCN(C(C)(C)C)C1.CC1CCN(C(C)(C)C)CC1.CC1CN(C(C)(C)C)C1.CC1CN(C(C)(C)C)CC(C)N1C.CN1C(C)(C)CN(C(C)(C)C)CC1(C)C.CN1CCN(C(C)(C)C)CC1.CN1CCN(C(C)(C)C)CC1(C)C. The Morgan fingerprint density at radius 1 is 0.257 bits per heavy atom. The van der Waals surface area contributed by atoms with Crippen molar-refractivity contribution in [2.75, 3.05) is 198 Å². The van der Waals surface area contributed by atoms with Gasteiger partial charge in [0.05, 0.1) is 13.1 Å². The van der Waals surface area contributed by atoms with Gasteiger partial charge in [0.2, 0.25) is 17.7 Å². The molecular formula is C125H258F2N18O3. The first-order valence-corrected chi connectivity index (χ1v) is 58.5. The molecule has 14 heterocycles. The Balaban J connectivity index is 0.00000158. The van der Waals surface area contributed by atoms with E-state index in [1.807, 2.05) is 47.6 Å². The average molecular weight is 2100 g/mol. The van der Waals surface area contributed by atoms with Crippen LogP contribution in [0.2, 0.25) is 0 Å². The molecule has 0 spiro atoms. The molecule has 3 amide bonds. The minimum absolute atomic E-state index is 0. The summed E-state index contributed by atoms with van der Waals surface area (Å²) in [6, 6.07) is 5.46. The van der Waals surface area contributed by atoms with Crippen LogP contribution in [-0.2, 0) is 19.9 Å². The first kappa shape index (κ1) is 145. The number of nitrogens with zero attached hydrogens (tertiary/aromatic N) is 18. The van der Waals surface area contributed by atoms with E-state index in [9.17, 15) is 23.2 Å². The monoisotopic (exact) mass is 2100 g/mol. The van der Waals surface area contributed by atoms with Crippen molar-refractivity contribution in [3.8, 4) is 0 Å². The van der Waals surface area contributed by atoms with Crippen molar-refractivity contribution in [1.29, 1.82) is 0 Å². The van der Waals surface area contributed by atoms with Gasteiger partial charge in [0.1, 0.15) is 0 Å². The van der Waals surface area contributed by atoms with Crippen LogP contribution in [0.5, 0.6) is 0 Å². The van der Waals surface area contributed by atoms with Crippen LogP contribution in [0, 0.1) is 17.8 Å². The van der Waals surface area contributed by atoms with E-state index in [1.165, 1.54) is 163 Å². The van der Waals surface area contributed by atoms with E-state index in [1.54, 1.807) is 4.90 Å². The number of hydrogen-bond acceptors (Lipinski definition) is 17. The van der Waals surface area contributed by atoms with Crippen molar-refractivity contribution >= 4 is 17.7 Å². The summed E-state index contributed by atoms with van der Waals surface area (Å²) in [5.41, 5.74) is 4.43. The molecule has 0 radical (unpaired) electrons. The van der Waals surface area contributed by atoms with E-state index in [0.717, 1.165) is 82.6 Å². The Kier molecular flexibility index (Phi) is 57.5. The highest BCUT2D eigenvalue weighted by atomic mass is 19.3. The third-order valence-corrected chi connectivity index (χ3v) is 32.4. The van der Waals surface area contributed by atoms with Crippen LogP contribution in [0.1, 0.15) is 445 Å². The van der Waals surface area contributed by atoms with E-state index >= 15 is 0 Å². The molecule has 880 valence electrons. The number of alkyl halides is 2. The maximum absolute atomic E-state index is 12.3. The van der Waals surface area contributed by atoms with Crippen LogP contribution in [0.15, 0.2) is 24.5 Å². The molecule has 13 aliphatic heterocycles. The highest BCUT2D eigenvalue weighted by Crippen LogP contribution is 2.37. The molecule has 1 aromatic heterocycles. The second-order valence-corrected chi connectivity index (χ2v) is 62.1. The van der Waals surface area contributed by atoms with Gasteiger partial charge in [-0.1, -0.05) is 34.6 Å². The number of aromatic nitrogens is 1. The molecule has 13 saturated heterocycles. The number of likely N-dealkylation sites (tertiary alicyclic amines) is 8. The molecule has 0 aliphatic carbocycles. The quantitative estimate of drug-likeness (QED) is 0.181. The summed E-state index contributed by atoms with van der Waals surface area (Å²) in [6.07, 6.45) is 16.9. The largest absolute Gasteiger partial charge is 0.349 e. The summed E-state index contributed by atoms with van der Waals surface area (Å²) in [7, 11) is 8.90. The van der Waals surface area contributed by atoms with Gasteiger partial charge >= 0.3 is 0 Å². The lowest BCUT2D eigenvalue weighted by Crippen LogP contribution is -2.69. The third-order valence-electron chi connectivity index (χ3n) is 32.4. The van der Waals surface area contributed by atoms with Crippen molar-refractivity contribution in [2.24, 2.45) is 17.8 Å². The van der Waals surface area contributed by atoms with Crippen LogP contribution in [0.25, 0.3) is 0 Å². The molecule has 13 aliphatic rings. The van der Waals surface area contributed by atoms with Crippen LogP contribution < -0.4 is 0 Å². The summed E-state index contributed by atoms with van der Waals surface area (Å²) in [6.45, 7) is 147. The van der Waals surface area contributed by atoms with Gasteiger partial charge in [0.15, 0.2) is 0 Å². The zero-order chi connectivity index (χ0) is 115. The molecule has 0 bridgehead atoms. The summed E-state index contributed by atoms with van der Waals surface area (Å²) in [5, 5.41) is 0. The number of rotatable bonds is 0. The van der Waals surface area contributed by atoms with Crippen molar-refractivity contribution < 1.29 is 23.2 Å². The van der Waals surface area contributed by atoms with Gasteiger partial charge in [-0.3, -0.25) is 78.1 Å². The second-order valence-electron chi connectivity index (χ2n) is 62.1. The number of piperazine rings is 4. The van der Waals surface area contributed by atoms with Crippen molar-refractivity contribution in [2.45, 2.75) is 557 Å². The van der Waals surface area contributed by atoms with E-state index < -0.39 is 5.92 Å². The first-order valence-electron chi connectivity index (χ1n) is 58.5. The van der Waals surface area contributed by atoms with Crippen LogP contribution in [-0.4, -0.2) is 411 Å². The Bertz CT molecular complexity index is 3650. The van der Waals surface area contributed by atoms with Gasteiger partial charge < -0.3 is 24.2 Å². The Morgan fingerprint density at radius 3 is 0.750 bits per heavy atom. The molecule has 23 heteroatoms. The van der Waals surface area contributed by atoms with Gasteiger partial charge in [-0.2, -0.15) is 0 Å². The molecule has 0 N–H and O–H groups in total. The zero-order valence-electron chi connectivity index (χ0n) is 109. The molecule has 21 nitrogen and oxygen atoms in total. The number of amides is 3. The van der Waals surface area contributed by atoms with Gasteiger partial charge in [-0.15, -0.1) is 0 Å². The fraction of sp³-hybridized carbons (Fsp3) is 0.944. The first-order chi connectivity index (χ1) is 65.7. The molecule has 0 saturated carbocycles. The molecule has 3 atom stereocenters. The lowest BCUT2D eigenvalue weighted by atomic mass is 9.86. The predicted octanol–water partition coefficient (Wildman–Crippen LogP) is 25.4. The second kappa shape index (κ2) is 58.7. The average Bonchev–Trinajstić information content (AvgIpc) is 0.775. The number of carbonyl (C=O) groups excluding carboxylic acids is 3. The number of β-lactam (4-membered cyclic amide) rings is 1. The minimum atomic E-state index is -2.42. The van der Waals surface area contributed by atoms with Crippen molar-refractivity contribution in [3.63, 3.8) is 0 Å². The standard InChI is InChI=1S/C13H28N2.2C11H24N2.C10H21N.C9H20N2.2C9H19N.2C8H15NO.C8H17N.C8H13N.C7H13F2N.C7H13NO.C6H13N.CH4/c1-11(2,3)15-9-12(4,5)14(8)13(6,7)10-15;1-9-7-13(11(3,4)5)8-10(2)12(9)6;1-10(2,3)13-8-7-12(6)11(4,5)9-13;1-9-5-7-11(8-6-9)10(2,3)4;1-9(2,3)11-7-5-10(4)6-8-11;1-8-5-6-10(7-8)9(2,3)4;1-9(2,3)10-7-5-4-6-8-10;2*1-8(2,3)9-6-4-5-7(9)10;1-7-5-9(6-7)8(2,3)4;1-8(2,3)9-6-4-5-7-9;1-6(2,3)10-4-7(8,9)5-10;1-7(2,3)8-5-4-6(8)9;1-6(2,3)7-4-5-7;/h9-10H2,1-8H3;9-10H,7-8H2,1-6H3;7-9H2,1-6H3;9H,5-8H2,1-4H3;5-8H2,1-4H3;8H,5-7H2,1-4H3;4-8H2,1-3H3;2*4-6H2,1-3H3;7H,5-6H2,1-4H3;4-7H,1-3H3;4-5H2,1-3H3;4-5H2,1-3H3;4-5H2,1-3H3;1H4. The van der Waals surface area contributed by atoms with Gasteiger partial charge in [-0.05, 0) is 482 Å². The summed E-state index contributed by atoms with van der Waals surface area (Å²) in [4.78, 5) is 73.5. The van der Waals surface area contributed by atoms with Crippen molar-refractivity contribution in [3.05, 3.63) is 24.5 Å². The van der Waals surface area contributed by atoms with Gasteiger partial charge in [-0.25, -0.2) is 8.78 Å². The minimum Gasteiger partial charge on any atom is -0.349 e. The number of likely N-dealkylation sites (N-methyl/N-ethyl adjacent to an activating group) is 4. The highest BCUT2D eigenvalue weighted by molar-refractivity contribution is 5.82.